The monoisotopic (exact) mass is 257 g/mol. The van der Waals surface area contributed by atoms with Crippen LogP contribution >= 0.6 is 0 Å². The van der Waals surface area contributed by atoms with Crippen molar-refractivity contribution >= 4 is 10.0 Å². The lowest BCUT2D eigenvalue weighted by Gasteiger charge is -2.41. The number of piperazine rings is 1. The van der Waals surface area contributed by atoms with Gasteiger partial charge in [-0.05, 0) is 33.2 Å². The van der Waals surface area contributed by atoms with E-state index >= 15 is 0 Å². The topological polar surface area (TPSA) is 64.4 Å². The molecule has 0 bridgehead atoms. The van der Waals surface area contributed by atoms with E-state index < -0.39 is 15.3 Å². The molecule has 5 nitrogen and oxygen atoms in total. The number of hydrogen-bond acceptors (Lipinski definition) is 4. The summed E-state index contributed by atoms with van der Waals surface area (Å²) in [5, 5.41) is 7.86. The summed E-state index contributed by atoms with van der Waals surface area (Å²) in [4.78, 5) is 2.37. The first-order chi connectivity index (χ1) is 7.96. The Balaban J connectivity index is 2.19. The maximum Gasteiger partial charge on any atom is 0.230 e. The number of hydrogen-bond donors (Lipinski definition) is 0. The minimum Gasteiger partial charge on any atom is -0.297 e. The van der Waals surface area contributed by atoms with Crippen LogP contribution in [0.2, 0.25) is 0 Å². The van der Waals surface area contributed by atoms with Crippen LogP contribution in [0.25, 0.3) is 0 Å². The second kappa shape index (κ2) is 4.56. The van der Waals surface area contributed by atoms with Gasteiger partial charge in [-0.2, -0.15) is 9.57 Å². The summed E-state index contributed by atoms with van der Waals surface area (Å²) < 4.78 is 25.9. The maximum absolute atomic E-state index is 12.2. The Kier molecular flexibility index (Phi) is 3.43. The van der Waals surface area contributed by atoms with E-state index in [1.807, 2.05) is 13.0 Å². The van der Waals surface area contributed by atoms with Crippen LogP contribution in [0.3, 0.4) is 0 Å². The zero-order valence-corrected chi connectivity index (χ0v) is 11.2. The third kappa shape index (κ3) is 2.19. The quantitative estimate of drug-likeness (QED) is 0.718. The highest BCUT2D eigenvalue weighted by Crippen LogP contribution is 2.27. The molecule has 96 valence electrons. The van der Waals surface area contributed by atoms with Crippen LogP contribution < -0.4 is 0 Å². The number of nitriles is 1. The molecule has 2 saturated heterocycles. The summed E-state index contributed by atoms with van der Waals surface area (Å²) in [6.45, 7) is 5.81. The molecular weight excluding hydrogens is 238 g/mol. The fourth-order valence-corrected chi connectivity index (χ4v) is 4.27. The molecule has 0 aromatic carbocycles. The van der Waals surface area contributed by atoms with Crippen molar-refractivity contribution in [2.45, 2.75) is 44.0 Å². The highest BCUT2D eigenvalue weighted by atomic mass is 32.2. The Hall–Kier alpha value is -0.640. The van der Waals surface area contributed by atoms with Gasteiger partial charge in [0.05, 0.1) is 6.07 Å². The fourth-order valence-electron chi connectivity index (χ4n) is 2.78. The van der Waals surface area contributed by atoms with Crippen molar-refractivity contribution in [1.29, 1.82) is 5.26 Å². The highest BCUT2D eigenvalue weighted by Gasteiger charge is 2.41. The van der Waals surface area contributed by atoms with Gasteiger partial charge in [-0.1, -0.05) is 0 Å². The number of rotatable bonds is 2. The molecule has 0 aliphatic carbocycles. The van der Waals surface area contributed by atoms with Crippen molar-refractivity contribution in [2.75, 3.05) is 19.6 Å². The van der Waals surface area contributed by atoms with Gasteiger partial charge in [-0.3, -0.25) is 4.90 Å². The minimum absolute atomic E-state index is 0.0230. The summed E-state index contributed by atoms with van der Waals surface area (Å²) in [7, 11) is -3.45. The van der Waals surface area contributed by atoms with Gasteiger partial charge in [0.25, 0.3) is 0 Å². The van der Waals surface area contributed by atoms with Gasteiger partial charge < -0.3 is 0 Å². The smallest absolute Gasteiger partial charge is 0.230 e. The summed E-state index contributed by atoms with van der Waals surface area (Å²) in [6.07, 6.45) is 2.22. The van der Waals surface area contributed by atoms with E-state index in [1.54, 1.807) is 0 Å². The zero-order valence-electron chi connectivity index (χ0n) is 10.3. The second-order valence-corrected chi connectivity index (χ2v) is 7.23. The predicted molar refractivity (Wildman–Crippen MR) is 64.8 cm³/mol. The van der Waals surface area contributed by atoms with Gasteiger partial charge in [-0.25, -0.2) is 8.42 Å². The molecule has 0 aromatic heterocycles. The predicted octanol–water partition coefficient (Wildman–Crippen LogP) is 0.397. The van der Waals surface area contributed by atoms with E-state index in [1.165, 1.54) is 11.2 Å². The van der Waals surface area contributed by atoms with Gasteiger partial charge in [0, 0.05) is 25.2 Å². The first-order valence-electron chi connectivity index (χ1n) is 6.11. The molecule has 2 heterocycles. The molecule has 2 fully saturated rings. The van der Waals surface area contributed by atoms with Crippen molar-refractivity contribution in [3.05, 3.63) is 0 Å². The Morgan fingerprint density at radius 2 is 2.12 bits per heavy atom. The van der Waals surface area contributed by atoms with E-state index in [4.69, 9.17) is 5.26 Å². The van der Waals surface area contributed by atoms with Crippen LogP contribution in [-0.2, 0) is 10.0 Å². The van der Waals surface area contributed by atoms with Gasteiger partial charge in [-0.15, -0.1) is 0 Å². The van der Waals surface area contributed by atoms with Crippen molar-refractivity contribution in [1.82, 2.24) is 9.21 Å². The molecule has 0 amide bonds. The molecule has 0 N–H and O–H groups in total. The molecule has 0 spiro atoms. The molecular formula is C11H19N3O2S. The molecule has 3 unspecified atom stereocenters. The number of sulfonamides is 1. The fraction of sp³-hybridized carbons (Fsp3) is 0.909. The molecule has 3 atom stereocenters. The first-order valence-corrected chi connectivity index (χ1v) is 7.61. The van der Waals surface area contributed by atoms with E-state index in [9.17, 15) is 8.42 Å². The molecule has 0 saturated carbocycles. The third-order valence-electron chi connectivity index (χ3n) is 3.84. The van der Waals surface area contributed by atoms with Crippen LogP contribution in [0.5, 0.6) is 0 Å². The SMILES string of the molecule is CC1CN2CCCC2CN1S(=O)(=O)C(C)C#N. The van der Waals surface area contributed by atoms with Crippen molar-refractivity contribution < 1.29 is 8.42 Å². The van der Waals surface area contributed by atoms with E-state index in [2.05, 4.69) is 4.90 Å². The van der Waals surface area contributed by atoms with Crippen LogP contribution in [0, 0.1) is 11.3 Å². The van der Waals surface area contributed by atoms with Gasteiger partial charge >= 0.3 is 0 Å². The average molecular weight is 257 g/mol. The molecule has 17 heavy (non-hydrogen) atoms. The third-order valence-corrected chi connectivity index (χ3v) is 6.00. The second-order valence-electron chi connectivity index (χ2n) is 5.03. The molecule has 0 radical (unpaired) electrons. The maximum atomic E-state index is 12.2. The van der Waals surface area contributed by atoms with Crippen LogP contribution in [0.15, 0.2) is 0 Å². The Labute approximate surface area is 103 Å². The average Bonchev–Trinajstić information content (AvgIpc) is 2.73. The van der Waals surface area contributed by atoms with E-state index in [0.717, 1.165) is 25.9 Å². The zero-order chi connectivity index (χ0) is 12.6. The first kappa shape index (κ1) is 12.8. The highest BCUT2D eigenvalue weighted by molar-refractivity contribution is 7.90. The van der Waals surface area contributed by atoms with Crippen molar-refractivity contribution in [3.8, 4) is 6.07 Å². The normalized spacial score (nSPS) is 33.0. The number of fused-ring (bicyclic) bond motifs is 1. The molecule has 0 aromatic rings. The summed E-state index contributed by atoms with van der Waals surface area (Å²) in [5.74, 6) is 0. The Morgan fingerprint density at radius 3 is 2.76 bits per heavy atom. The minimum atomic E-state index is -3.45. The molecule has 2 aliphatic rings. The van der Waals surface area contributed by atoms with Crippen molar-refractivity contribution in [3.63, 3.8) is 0 Å². The molecule has 2 rings (SSSR count). The largest absolute Gasteiger partial charge is 0.297 e. The number of nitrogens with zero attached hydrogens (tertiary/aromatic N) is 3. The van der Waals surface area contributed by atoms with Crippen LogP contribution in [0.1, 0.15) is 26.7 Å². The lowest BCUT2D eigenvalue weighted by Crippen LogP contribution is -2.57. The Morgan fingerprint density at radius 1 is 1.41 bits per heavy atom. The Bertz CT molecular complexity index is 428. The summed E-state index contributed by atoms with van der Waals surface area (Å²) in [6, 6.07) is 2.17. The van der Waals surface area contributed by atoms with Gasteiger partial charge in [0.1, 0.15) is 0 Å². The van der Waals surface area contributed by atoms with Crippen LogP contribution in [0.4, 0.5) is 0 Å². The lowest BCUT2D eigenvalue weighted by atomic mass is 10.1. The summed E-state index contributed by atoms with van der Waals surface area (Å²) >= 11 is 0. The van der Waals surface area contributed by atoms with Gasteiger partial charge in [0.2, 0.25) is 10.0 Å². The van der Waals surface area contributed by atoms with Crippen LogP contribution in [-0.4, -0.2) is 54.6 Å². The van der Waals surface area contributed by atoms with Crippen molar-refractivity contribution in [2.24, 2.45) is 0 Å². The van der Waals surface area contributed by atoms with Gasteiger partial charge in [0.15, 0.2) is 5.25 Å². The molecule has 6 heteroatoms. The molecule has 2 aliphatic heterocycles. The van der Waals surface area contributed by atoms with E-state index in [0.29, 0.717) is 12.6 Å². The standard InChI is InChI=1S/C11H19N3O2S/c1-9-7-13-5-3-4-11(13)8-14(9)17(15,16)10(2)6-12/h9-11H,3-5,7-8H2,1-2H3. The lowest BCUT2D eigenvalue weighted by molar-refractivity contribution is 0.117. The summed E-state index contributed by atoms with van der Waals surface area (Å²) in [5.41, 5.74) is 0. The van der Waals surface area contributed by atoms with E-state index in [-0.39, 0.29) is 6.04 Å².